The van der Waals surface area contributed by atoms with Gasteiger partial charge in [-0.15, -0.1) is 0 Å². The van der Waals surface area contributed by atoms with Gasteiger partial charge >= 0.3 is 17.2 Å². The Hall–Kier alpha value is -2.58. The van der Waals surface area contributed by atoms with Gasteiger partial charge in [0.1, 0.15) is 0 Å². The number of fused-ring (bicyclic) bond motifs is 1. The summed E-state index contributed by atoms with van der Waals surface area (Å²) in [5.74, 6) is -1.88. The third kappa shape index (κ3) is 1.17. The highest BCUT2D eigenvalue weighted by Gasteiger charge is 2.14. The number of aromatic nitrogens is 4. The SMILES string of the molecule is O=C(O)c1nc2[nH]c(=O)n(O)c(=O)c2[nH]1. The van der Waals surface area contributed by atoms with Gasteiger partial charge in [0.25, 0.3) is 0 Å². The average molecular weight is 212 g/mol. The van der Waals surface area contributed by atoms with Crippen molar-refractivity contribution in [2.45, 2.75) is 0 Å². The molecule has 9 heteroatoms. The number of carboxylic acid groups (broad SMARTS) is 1. The summed E-state index contributed by atoms with van der Waals surface area (Å²) in [4.78, 5) is 40.2. The van der Waals surface area contributed by atoms with Crippen molar-refractivity contribution in [1.29, 1.82) is 0 Å². The molecular formula is C6H4N4O5. The normalized spacial score (nSPS) is 10.7. The largest absolute Gasteiger partial charge is 0.475 e. The van der Waals surface area contributed by atoms with Crippen LogP contribution in [0.4, 0.5) is 0 Å². The molecule has 0 aromatic carbocycles. The van der Waals surface area contributed by atoms with Gasteiger partial charge in [-0.3, -0.25) is 9.78 Å². The zero-order chi connectivity index (χ0) is 11.2. The number of H-pyrrole nitrogens is 2. The van der Waals surface area contributed by atoms with Crippen LogP contribution in [-0.4, -0.2) is 36.0 Å². The van der Waals surface area contributed by atoms with Crippen molar-refractivity contribution in [3.05, 3.63) is 26.7 Å². The Labute approximate surface area is 79.6 Å². The smallest absolute Gasteiger partial charge is 0.371 e. The lowest BCUT2D eigenvalue weighted by Crippen LogP contribution is -2.33. The highest BCUT2D eigenvalue weighted by Crippen LogP contribution is 2.00. The maximum Gasteiger partial charge on any atom is 0.371 e. The quantitative estimate of drug-likeness (QED) is 0.417. The molecule has 0 radical (unpaired) electrons. The van der Waals surface area contributed by atoms with E-state index in [1.807, 2.05) is 4.98 Å². The van der Waals surface area contributed by atoms with Crippen LogP contribution in [0.25, 0.3) is 11.2 Å². The first-order valence-corrected chi connectivity index (χ1v) is 3.68. The van der Waals surface area contributed by atoms with Gasteiger partial charge in [-0.2, -0.15) is 0 Å². The molecule has 0 unspecified atom stereocenters. The Kier molecular flexibility index (Phi) is 1.62. The summed E-state index contributed by atoms with van der Waals surface area (Å²) in [6.07, 6.45) is 0. The van der Waals surface area contributed by atoms with E-state index in [-0.39, 0.29) is 15.9 Å². The van der Waals surface area contributed by atoms with E-state index in [1.165, 1.54) is 0 Å². The van der Waals surface area contributed by atoms with Crippen molar-refractivity contribution in [1.82, 2.24) is 19.7 Å². The van der Waals surface area contributed by atoms with Gasteiger partial charge in [0.05, 0.1) is 0 Å². The number of rotatable bonds is 1. The zero-order valence-corrected chi connectivity index (χ0v) is 7.01. The molecule has 2 aromatic heterocycles. The number of nitrogens with zero attached hydrogens (tertiary/aromatic N) is 2. The molecule has 0 aliphatic heterocycles. The molecule has 9 nitrogen and oxygen atoms in total. The van der Waals surface area contributed by atoms with E-state index in [2.05, 4.69) is 9.97 Å². The molecule has 15 heavy (non-hydrogen) atoms. The number of hydrogen-bond acceptors (Lipinski definition) is 5. The van der Waals surface area contributed by atoms with Gasteiger partial charge in [0, 0.05) is 0 Å². The van der Waals surface area contributed by atoms with Crippen molar-refractivity contribution in [3.63, 3.8) is 0 Å². The molecule has 0 aliphatic rings. The highest BCUT2D eigenvalue weighted by molar-refractivity contribution is 5.87. The molecule has 0 spiro atoms. The number of imidazole rings is 1. The standard InChI is InChI=1S/C6H4N4O5/c11-4-1-2(9-6(14)10(4)15)8-3(7-1)5(12)13/h15H,(H,7,8)(H,9,14)(H,12,13). The van der Waals surface area contributed by atoms with E-state index < -0.39 is 23.0 Å². The minimum absolute atomic E-state index is 0.174. The lowest BCUT2D eigenvalue weighted by molar-refractivity contribution is 0.0685. The average Bonchev–Trinajstić information content (AvgIpc) is 2.58. The molecule has 2 heterocycles. The van der Waals surface area contributed by atoms with Crippen molar-refractivity contribution in [2.24, 2.45) is 0 Å². The predicted molar refractivity (Wildman–Crippen MR) is 45.1 cm³/mol. The fourth-order valence-electron chi connectivity index (χ4n) is 1.07. The molecule has 0 saturated carbocycles. The number of hydrogen-bond donors (Lipinski definition) is 4. The molecular weight excluding hydrogens is 208 g/mol. The first-order valence-electron chi connectivity index (χ1n) is 3.68. The number of nitrogens with one attached hydrogen (secondary N) is 2. The summed E-state index contributed by atoms with van der Waals surface area (Å²) < 4.78 is -0.174. The van der Waals surface area contributed by atoms with E-state index in [4.69, 9.17) is 10.3 Å². The van der Waals surface area contributed by atoms with Crippen LogP contribution in [0.5, 0.6) is 0 Å². The van der Waals surface area contributed by atoms with Crippen molar-refractivity contribution < 1.29 is 15.1 Å². The van der Waals surface area contributed by atoms with E-state index in [0.29, 0.717) is 0 Å². The maximum absolute atomic E-state index is 11.2. The van der Waals surface area contributed by atoms with Crippen LogP contribution in [0.2, 0.25) is 0 Å². The third-order valence-corrected chi connectivity index (χ3v) is 1.73. The summed E-state index contributed by atoms with van der Waals surface area (Å²) in [6.45, 7) is 0. The Morgan fingerprint density at radius 1 is 1.33 bits per heavy atom. The first kappa shape index (κ1) is 8.99. The van der Waals surface area contributed by atoms with E-state index in [0.717, 1.165) is 0 Å². The Balaban J connectivity index is 2.95. The van der Waals surface area contributed by atoms with Gasteiger partial charge < -0.3 is 15.3 Å². The van der Waals surface area contributed by atoms with Crippen molar-refractivity contribution in [3.8, 4) is 0 Å². The molecule has 0 saturated heterocycles. The van der Waals surface area contributed by atoms with Gasteiger partial charge in [-0.25, -0.2) is 14.6 Å². The van der Waals surface area contributed by atoms with Crippen LogP contribution >= 0.6 is 0 Å². The fraction of sp³-hybridized carbons (Fsp3) is 0. The lowest BCUT2D eigenvalue weighted by Gasteiger charge is -1.91. The number of carbonyl (C=O) groups is 1. The molecule has 0 bridgehead atoms. The van der Waals surface area contributed by atoms with Crippen molar-refractivity contribution in [2.75, 3.05) is 0 Å². The van der Waals surface area contributed by atoms with Crippen LogP contribution in [0.1, 0.15) is 10.6 Å². The van der Waals surface area contributed by atoms with Gasteiger partial charge in [-0.1, -0.05) is 4.73 Å². The second-order valence-corrected chi connectivity index (χ2v) is 2.66. The molecule has 0 fully saturated rings. The molecule has 0 aliphatic carbocycles. The number of aromatic carboxylic acids is 1. The summed E-state index contributed by atoms with van der Waals surface area (Å²) in [5, 5.41) is 17.5. The Bertz CT molecular complexity index is 662. The summed E-state index contributed by atoms with van der Waals surface area (Å²) in [6, 6.07) is 0. The zero-order valence-electron chi connectivity index (χ0n) is 7.01. The monoisotopic (exact) mass is 212 g/mol. The second kappa shape index (κ2) is 2.70. The topological polar surface area (TPSA) is 141 Å². The molecule has 2 rings (SSSR count). The van der Waals surface area contributed by atoms with Gasteiger partial charge in [-0.05, 0) is 0 Å². The number of aromatic amines is 2. The Morgan fingerprint density at radius 3 is 2.60 bits per heavy atom. The van der Waals surface area contributed by atoms with Gasteiger partial charge in [0.15, 0.2) is 11.2 Å². The minimum Gasteiger partial charge on any atom is -0.475 e. The van der Waals surface area contributed by atoms with Crippen LogP contribution in [0, 0.1) is 0 Å². The van der Waals surface area contributed by atoms with Crippen molar-refractivity contribution >= 4 is 17.1 Å². The molecule has 4 N–H and O–H groups in total. The molecule has 0 amide bonds. The fourth-order valence-corrected chi connectivity index (χ4v) is 1.07. The van der Waals surface area contributed by atoms with E-state index in [9.17, 15) is 14.4 Å². The predicted octanol–water partition coefficient (Wildman–Crippen LogP) is -1.65. The first-order chi connectivity index (χ1) is 7.00. The summed E-state index contributed by atoms with van der Waals surface area (Å²) in [5.41, 5.74) is -2.65. The molecule has 0 atom stereocenters. The minimum atomic E-state index is -1.38. The van der Waals surface area contributed by atoms with Crippen LogP contribution in [0.3, 0.4) is 0 Å². The van der Waals surface area contributed by atoms with Crippen LogP contribution in [-0.2, 0) is 0 Å². The van der Waals surface area contributed by atoms with Gasteiger partial charge in [0.2, 0.25) is 5.82 Å². The summed E-state index contributed by atoms with van der Waals surface area (Å²) >= 11 is 0. The molecule has 2 aromatic rings. The molecule has 78 valence electrons. The van der Waals surface area contributed by atoms with Crippen LogP contribution < -0.4 is 11.2 Å². The van der Waals surface area contributed by atoms with E-state index in [1.54, 1.807) is 0 Å². The van der Waals surface area contributed by atoms with Crippen LogP contribution in [0.15, 0.2) is 9.59 Å². The van der Waals surface area contributed by atoms with E-state index >= 15 is 0 Å². The third-order valence-electron chi connectivity index (χ3n) is 1.73. The summed E-state index contributed by atoms with van der Waals surface area (Å²) in [7, 11) is 0. The maximum atomic E-state index is 11.2. The highest BCUT2D eigenvalue weighted by atomic mass is 16.5. The number of carboxylic acids is 1. The second-order valence-electron chi connectivity index (χ2n) is 2.66. The Morgan fingerprint density at radius 2 is 2.00 bits per heavy atom. The lowest BCUT2D eigenvalue weighted by atomic mass is 10.5.